The number of hydrogen-bond acceptors (Lipinski definition) is 7. The number of halogens is 1. The molecule has 1 N–H and O–H groups in total. The van der Waals surface area contributed by atoms with Gasteiger partial charge in [0, 0.05) is 17.9 Å². The van der Waals surface area contributed by atoms with Crippen LogP contribution in [0.4, 0.5) is 0 Å². The molecule has 1 aromatic carbocycles. The average molecular weight is 484 g/mol. The van der Waals surface area contributed by atoms with Gasteiger partial charge in [0.1, 0.15) is 5.71 Å². The highest BCUT2D eigenvalue weighted by Crippen LogP contribution is 2.27. The Morgan fingerprint density at radius 1 is 1.28 bits per heavy atom. The zero-order valence-corrected chi connectivity index (χ0v) is 19.5. The maximum absolute atomic E-state index is 13.0. The number of sulfone groups is 1. The highest BCUT2D eigenvalue weighted by Gasteiger charge is 2.37. The molecular weight excluding hydrogens is 458 g/mol. The van der Waals surface area contributed by atoms with Crippen molar-refractivity contribution in [1.29, 1.82) is 0 Å². The largest absolute Gasteiger partial charge is 0.463 e. The molecule has 0 aromatic heterocycles. The maximum atomic E-state index is 13.0. The molecule has 3 rings (SSSR count). The van der Waals surface area contributed by atoms with Crippen LogP contribution in [0.25, 0.3) is 0 Å². The number of rotatable bonds is 7. The van der Waals surface area contributed by atoms with E-state index in [2.05, 4.69) is 10.4 Å². The van der Waals surface area contributed by atoms with Gasteiger partial charge in [-0.05, 0) is 31.9 Å². The second-order valence-corrected chi connectivity index (χ2v) is 10.8. The lowest BCUT2D eigenvalue weighted by atomic mass is 10.0. The van der Waals surface area contributed by atoms with Crippen LogP contribution in [0.15, 0.2) is 29.4 Å². The number of hydrazone groups is 1. The van der Waals surface area contributed by atoms with Gasteiger partial charge in [0.2, 0.25) is 5.91 Å². The van der Waals surface area contributed by atoms with Crippen LogP contribution in [0.5, 0.6) is 0 Å². The molecule has 2 aliphatic rings. The Kier molecular flexibility index (Phi) is 7.55. The molecule has 2 amide bonds. The number of ether oxygens (including phenoxy) is 1. The van der Waals surface area contributed by atoms with Crippen LogP contribution in [-0.4, -0.2) is 60.6 Å². The lowest BCUT2D eigenvalue weighted by Gasteiger charge is -2.28. The lowest BCUT2D eigenvalue weighted by molar-refractivity contribution is -0.148. The minimum absolute atomic E-state index is 0.00889. The van der Waals surface area contributed by atoms with Gasteiger partial charge in [-0.1, -0.05) is 29.8 Å². The summed E-state index contributed by atoms with van der Waals surface area (Å²) in [5, 5.41) is 8.47. The van der Waals surface area contributed by atoms with Crippen LogP contribution < -0.4 is 5.32 Å². The number of hydrogen-bond donors (Lipinski definition) is 1. The van der Waals surface area contributed by atoms with Gasteiger partial charge in [0.15, 0.2) is 9.84 Å². The molecule has 2 atom stereocenters. The third-order valence-corrected chi connectivity index (χ3v) is 7.29. The molecule has 0 aliphatic carbocycles. The van der Waals surface area contributed by atoms with E-state index in [0.29, 0.717) is 10.6 Å². The molecule has 0 unspecified atom stereocenters. The van der Waals surface area contributed by atoms with Gasteiger partial charge < -0.3 is 10.1 Å². The molecule has 2 heterocycles. The highest BCUT2D eigenvalue weighted by molar-refractivity contribution is 7.91. The molecule has 1 saturated heterocycles. The summed E-state index contributed by atoms with van der Waals surface area (Å²) in [7, 11) is -3.22. The summed E-state index contributed by atoms with van der Waals surface area (Å²) in [5.41, 5.74) is 0.651. The number of benzene rings is 1. The smallest absolute Gasteiger partial charge is 0.308 e. The first kappa shape index (κ1) is 24.2. The Labute approximate surface area is 192 Å². The summed E-state index contributed by atoms with van der Waals surface area (Å²) in [6.45, 7) is 3.46. The van der Waals surface area contributed by atoms with Gasteiger partial charge in [-0.3, -0.25) is 14.4 Å². The molecule has 0 spiro atoms. The third-order valence-electron chi connectivity index (χ3n) is 5.20. The average Bonchev–Trinajstić information content (AvgIpc) is 3.07. The fourth-order valence-electron chi connectivity index (χ4n) is 3.70. The fraction of sp³-hybridized carbons (Fsp3) is 0.524. The predicted octanol–water partition coefficient (Wildman–Crippen LogP) is 2.00. The molecule has 0 bridgehead atoms. The summed E-state index contributed by atoms with van der Waals surface area (Å²) in [6, 6.07) is 5.51. The van der Waals surface area contributed by atoms with Crippen molar-refractivity contribution in [3.63, 3.8) is 0 Å². The fourth-order valence-corrected chi connectivity index (χ4v) is 5.66. The van der Waals surface area contributed by atoms with Gasteiger partial charge in [0.05, 0.1) is 36.1 Å². The molecule has 1 fully saturated rings. The molecule has 32 heavy (non-hydrogen) atoms. The van der Waals surface area contributed by atoms with Gasteiger partial charge in [-0.15, -0.1) is 0 Å². The van der Waals surface area contributed by atoms with E-state index in [9.17, 15) is 22.8 Å². The summed E-state index contributed by atoms with van der Waals surface area (Å²) in [5.74, 6) is -1.54. The predicted molar refractivity (Wildman–Crippen MR) is 119 cm³/mol. The molecule has 9 nitrogen and oxygen atoms in total. The van der Waals surface area contributed by atoms with Gasteiger partial charge in [-0.25, -0.2) is 13.4 Å². The second-order valence-electron chi connectivity index (χ2n) is 8.13. The summed E-state index contributed by atoms with van der Waals surface area (Å²) in [6.07, 6.45) is 0.0108. The number of esters is 1. The zero-order valence-electron chi connectivity index (χ0n) is 17.9. The number of nitrogens with one attached hydrogen (secondary N) is 1. The van der Waals surface area contributed by atoms with Gasteiger partial charge in [0.25, 0.3) is 5.91 Å². The van der Waals surface area contributed by atoms with Crippen molar-refractivity contribution in [2.45, 2.75) is 57.7 Å². The molecule has 2 aliphatic heterocycles. The van der Waals surface area contributed by atoms with E-state index in [1.54, 1.807) is 38.1 Å². The number of nitrogens with zero attached hydrogens (tertiary/aromatic N) is 2. The van der Waals surface area contributed by atoms with Crippen molar-refractivity contribution in [2.24, 2.45) is 5.10 Å². The molecular formula is C21H26ClN3O6S. The van der Waals surface area contributed by atoms with Crippen LogP contribution in [0.3, 0.4) is 0 Å². The summed E-state index contributed by atoms with van der Waals surface area (Å²) >= 11 is 6.29. The van der Waals surface area contributed by atoms with Crippen molar-refractivity contribution in [1.82, 2.24) is 10.3 Å². The van der Waals surface area contributed by atoms with E-state index in [4.69, 9.17) is 16.3 Å². The Bertz CT molecular complexity index is 1040. The Morgan fingerprint density at radius 3 is 2.62 bits per heavy atom. The van der Waals surface area contributed by atoms with Crippen LogP contribution >= 0.6 is 11.6 Å². The van der Waals surface area contributed by atoms with E-state index in [1.165, 1.54) is 0 Å². The molecule has 0 radical (unpaired) electrons. The van der Waals surface area contributed by atoms with Gasteiger partial charge >= 0.3 is 5.97 Å². The van der Waals surface area contributed by atoms with Crippen molar-refractivity contribution in [3.8, 4) is 0 Å². The molecule has 0 saturated carbocycles. The molecule has 174 valence electrons. The van der Waals surface area contributed by atoms with Crippen LogP contribution in [0.1, 0.15) is 51.1 Å². The minimum Gasteiger partial charge on any atom is -0.463 e. The van der Waals surface area contributed by atoms with Crippen molar-refractivity contribution in [3.05, 3.63) is 34.9 Å². The van der Waals surface area contributed by atoms with Crippen molar-refractivity contribution in [2.75, 3.05) is 11.5 Å². The van der Waals surface area contributed by atoms with Crippen LogP contribution in [0, 0.1) is 0 Å². The second kappa shape index (κ2) is 9.99. The third kappa shape index (κ3) is 6.07. The monoisotopic (exact) mass is 483 g/mol. The molecule has 11 heteroatoms. The highest BCUT2D eigenvalue weighted by atomic mass is 35.5. The SMILES string of the molecule is CC(C)OC(=O)C[C@@H](NC(=O)C1=NN([C@H]2CCS(=O)(=O)C2)C(=O)CC1)c1ccccc1Cl. The standard InChI is InChI=1S/C21H26ClN3O6S/c1-13(2)31-20(27)11-18(15-5-3-4-6-16(15)22)23-21(28)17-7-8-19(26)25(24-17)14-9-10-32(29,30)12-14/h3-6,13-14,18H,7-12H2,1-2H3,(H,23,28)/t14-,18+/m0/s1. The van der Waals surface area contributed by atoms with E-state index in [1.807, 2.05) is 0 Å². The zero-order chi connectivity index (χ0) is 23.5. The quantitative estimate of drug-likeness (QED) is 0.592. The first-order valence-electron chi connectivity index (χ1n) is 10.4. The molecule has 1 aromatic rings. The van der Waals surface area contributed by atoms with E-state index >= 15 is 0 Å². The number of carbonyl (C=O) groups excluding carboxylic acids is 3. The van der Waals surface area contributed by atoms with Crippen molar-refractivity contribution < 1.29 is 27.5 Å². The van der Waals surface area contributed by atoms with E-state index in [-0.39, 0.29) is 54.9 Å². The van der Waals surface area contributed by atoms with Crippen LogP contribution in [-0.2, 0) is 29.0 Å². The minimum atomic E-state index is -3.22. The topological polar surface area (TPSA) is 122 Å². The lowest BCUT2D eigenvalue weighted by Crippen LogP contribution is -2.44. The summed E-state index contributed by atoms with van der Waals surface area (Å²) in [4.78, 5) is 37.6. The Balaban J connectivity index is 1.80. The summed E-state index contributed by atoms with van der Waals surface area (Å²) < 4.78 is 28.8. The number of carbonyl (C=O) groups is 3. The Hall–Kier alpha value is -2.46. The van der Waals surface area contributed by atoms with E-state index in [0.717, 1.165) is 5.01 Å². The van der Waals surface area contributed by atoms with Crippen molar-refractivity contribution >= 4 is 44.9 Å². The van der Waals surface area contributed by atoms with E-state index < -0.39 is 33.8 Å². The first-order chi connectivity index (χ1) is 15.1. The Morgan fingerprint density at radius 2 is 2.00 bits per heavy atom. The van der Waals surface area contributed by atoms with Crippen LogP contribution in [0.2, 0.25) is 5.02 Å². The maximum Gasteiger partial charge on any atom is 0.308 e. The van der Waals surface area contributed by atoms with Gasteiger partial charge in [-0.2, -0.15) is 5.10 Å². The first-order valence-corrected chi connectivity index (χ1v) is 12.6. The number of amides is 2. The normalized spacial score (nSPS) is 21.2.